The summed E-state index contributed by atoms with van der Waals surface area (Å²) < 4.78 is 7.49. The van der Waals surface area contributed by atoms with Crippen LogP contribution in [0.15, 0.2) is 24.3 Å². The van der Waals surface area contributed by atoms with Gasteiger partial charge in [-0.3, -0.25) is 0 Å². The first-order valence-corrected chi connectivity index (χ1v) is 6.51. The van der Waals surface area contributed by atoms with Gasteiger partial charge in [0.15, 0.2) is 6.61 Å². The zero-order chi connectivity index (χ0) is 14.9. The highest BCUT2D eigenvalue weighted by molar-refractivity contribution is 5.68. The maximum Gasteiger partial charge on any atom is 0.341 e. The largest absolute Gasteiger partial charge is 0.482 e. The van der Waals surface area contributed by atoms with Crippen LogP contribution >= 0.6 is 0 Å². The summed E-state index contributed by atoms with van der Waals surface area (Å²) in [5.74, 6) is -0.348. The summed E-state index contributed by atoms with van der Waals surface area (Å²) in [4.78, 5) is 10.6. The number of rotatable bonds is 4. The predicted octanol–water partition coefficient (Wildman–Crippen LogP) is 3.17. The van der Waals surface area contributed by atoms with Crippen LogP contribution in [0.3, 0.4) is 0 Å². The van der Waals surface area contributed by atoms with Crippen LogP contribution in [0.2, 0.25) is 0 Å². The maximum absolute atomic E-state index is 10.6. The number of hydrogen-bond acceptors (Lipinski definition) is 2. The zero-order valence-corrected chi connectivity index (χ0v) is 12.2. The molecule has 0 amide bonds. The van der Waals surface area contributed by atoms with Crippen LogP contribution in [0.5, 0.6) is 5.75 Å². The molecule has 4 heteroatoms. The molecule has 2 aromatic rings. The number of benzene rings is 1. The van der Waals surface area contributed by atoms with Crippen LogP contribution in [0, 0.1) is 27.7 Å². The van der Waals surface area contributed by atoms with Crippen molar-refractivity contribution in [3.05, 3.63) is 46.8 Å². The van der Waals surface area contributed by atoms with Gasteiger partial charge < -0.3 is 14.4 Å². The van der Waals surface area contributed by atoms with Gasteiger partial charge in [-0.15, -0.1) is 0 Å². The minimum Gasteiger partial charge on any atom is -0.482 e. The Kier molecular flexibility index (Phi) is 3.84. The van der Waals surface area contributed by atoms with E-state index in [0.29, 0.717) is 5.75 Å². The van der Waals surface area contributed by atoms with Gasteiger partial charge in [-0.25, -0.2) is 4.79 Å². The lowest BCUT2D eigenvalue weighted by molar-refractivity contribution is -0.139. The van der Waals surface area contributed by atoms with Crippen molar-refractivity contribution in [2.24, 2.45) is 0 Å². The molecule has 0 spiro atoms. The average Bonchev–Trinajstić information content (AvgIpc) is 2.70. The molecule has 106 valence electrons. The molecular formula is C16H19NO3. The van der Waals surface area contributed by atoms with Crippen molar-refractivity contribution in [2.75, 3.05) is 6.61 Å². The van der Waals surface area contributed by atoms with E-state index < -0.39 is 5.97 Å². The van der Waals surface area contributed by atoms with Crippen molar-refractivity contribution >= 4 is 5.97 Å². The average molecular weight is 273 g/mol. The second kappa shape index (κ2) is 5.41. The highest BCUT2D eigenvalue weighted by Gasteiger charge is 2.11. The number of nitrogens with zero attached hydrogens (tertiary/aromatic N) is 1. The summed E-state index contributed by atoms with van der Waals surface area (Å²) in [6.45, 7) is 7.74. The van der Waals surface area contributed by atoms with Crippen molar-refractivity contribution in [3.63, 3.8) is 0 Å². The zero-order valence-electron chi connectivity index (χ0n) is 12.2. The summed E-state index contributed by atoms with van der Waals surface area (Å²) in [5, 5.41) is 8.68. The highest BCUT2D eigenvalue weighted by Crippen LogP contribution is 2.27. The van der Waals surface area contributed by atoms with Crippen molar-refractivity contribution in [1.82, 2.24) is 4.57 Å². The van der Waals surface area contributed by atoms with Gasteiger partial charge in [-0.05, 0) is 63.1 Å². The van der Waals surface area contributed by atoms with Crippen LogP contribution < -0.4 is 4.74 Å². The first kappa shape index (κ1) is 14.2. The van der Waals surface area contributed by atoms with Crippen molar-refractivity contribution < 1.29 is 14.6 Å². The molecule has 0 unspecified atom stereocenters. The molecule has 0 fully saturated rings. The normalized spacial score (nSPS) is 10.6. The number of carboxylic acid groups (broad SMARTS) is 1. The molecular weight excluding hydrogens is 254 g/mol. The van der Waals surface area contributed by atoms with Crippen molar-refractivity contribution in [1.29, 1.82) is 0 Å². The molecule has 20 heavy (non-hydrogen) atoms. The van der Waals surface area contributed by atoms with Gasteiger partial charge >= 0.3 is 5.97 Å². The lowest BCUT2D eigenvalue weighted by Crippen LogP contribution is -2.11. The fourth-order valence-electron chi connectivity index (χ4n) is 2.36. The third-order valence-corrected chi connectivity index (χ3v) is 3.36. The quantitative estimate of drug-likeness (QED) is 0.930. The van der Waals surface area contributed by atoms with Gasteiger partial charge in [0.05, 0.1) is 0 Å². The molecule has 0 radical (unpaired) electrons. The Balaban J connectivity index is 2.43. The second-order valence-corrected chi connectivity index (χ2v) is 5.04. The number of aryl methyl sites for hydroxylation is 4. The number of carbonyl (C=O) groups is 1. The molecule has 0 atom stereocenters. The molecule has 1 heterocycles. The molecule has 0 aliphatic carbocycles. The predicted molar refractivity (Wildman–Crippen MR) is 77.8 cm³/mol. The van der Waals surface area contributed by atoms with E-state index in [1.807, 2.05) is 26.0 Å². The molecule has 0 aliphatic rings. The molecule has 2 rings (SSSR count). The molecule has 0 saturated heterocycles. The summed E-state index contributed by atoms with van der Waals surface area (Å²) in [6.07, 6.45) is 0. The Hall–Kier alpha value is -2.23. The Morgan fingerprint density at radius 3 is 2.25 bits per heavy atom. The Bertz CT molecular complexity index is 636. The summed E-state index contributed by atoms with van der Waals surface area (Å²) >= 11 is 0. The Morgan fingerprint density at radius 1 is 1.10 bits per heavy atom. The standard InChI is InChI=1S/C16H19NO3/c1-10-8-15(20-9-16(18)19)11(2)7-14(10)17-12(3)5-6-13(17)4/h5-8H,9H2,1-4H3,(H,18,19). The topological polar surface area (TPSA) is 51.5 Å². The minimum atomic E-state index is -0.969. The van der Waals surface area contributed by atoms with Crippen molar-refractivity contribution in [3.8, 4) is 11.4 Å². The Labute approximate surface area is 118 Å². The van der Waals surface area contributed by atoms with Gasteiger partial charge in [-0.1, -0.05) is 0 Å². The fraction of sp³-hybridized carbons (Fsp3) is 0.312. The van der Waals surface area contributed by atoms with Crippen LogP contribution in [0.4, 0.5) is 0 Å². The highest BCUT2D eigenvalue weighted by atomic mass is 16.5. The van der Waals surface area contributed by atoms with Crippen LogP contribution in [-0.4, -0.2) is 22.2 Å². The minimum absolute atomic E-state index is 0.318. The van der Waals surface area contributed by atoms with Crippen molar-refractivity contribution in [2.45, 2.75) is 27.7 Å². The van der Waals surface area contributed by atoms with E-state index in [1.54, 1.807) is 0 Å². The molecule has 0 aliphatic heterocycles. The summed E-state index contributed by atoms with van der Waals surface area (Å²) in [7, 11) is 0. The smallest absolute Gasteiger partial charge is 0.341 e. The lowest BCUT2D eigenvalue weighted by atomic mass is 10.1. The van der Waals surface area contributed by atoms with Crippen LogP contribution in [0.25, 0.3) is 5.69 Å². The van der Waals surface area contributed by atoms with E-state index in [0.717, 1.165) is 16.8 Å². The number of ether oxygens (including phenoxy) is 1. The van der Waals surface area contributed by atoms with Crippen LogP contribution in [0.1, 0.15) is 22.5 Å². The molecule has 0 bridgehead atoms. The maximum atomic E-state index is 10.6. The van der Waals surface area contributed by atoms with E-state index in [2.05, 4.69) is 30.5 Å². The summed E-state index contributed by atoms with van der Waals surface area (Å²) in [6, 6.07) is 8.09. The first-order chi connectivity index (χ1) is 9.40. The summed E-state index contributed by atoms with van der Waals surface area (Å²) in [5.41, 5.74) is 5.43. The molecule has 0 saturated carbocycles. The fourth-order valence-corrected chi connectivity index (χ4v) is 2.36. The van der Waals surface area contributed by atoms with E-state index in [4.69, 9.17) is 9.84 Å². The Morgan fingerprint density at radius 2 is 1.70 bits per heavy atom. The van der Waals surface area contributed by atoms with E-state index >= 15 is 0 Å². The third-order valence-electron chi connectivity index (χ3n) is 3.36. The number of hydrogen-bond donors (Lipinski definition) is 1. The third kappa shape index (κ3) is 2.69. The van der Waals surface area contributed by atoms with E-state index in [-0.39, 0.29) is 6.61 Å². The van der Waals surface area contributed by atoms with E-state index in [1.165, 1.54) is 11.4 Å². The number of carboxylic acids is 1. The first-order valence-electron chi connectivity index (χ1n) is 6.51. The SMILES string of the molecule is Cc1cc(-n2c(C)ccc2C)c(C)cc1OCC(=O)O. The molecule has 1 aromatic carbocycles. The van der Waals surface area contributed by atoms with Gasteiger partial charge in [0, 0.05) is 17.1 Å². The van der Waals surface area contributed by atoms with Gasteiger partial charge in [0.1, 0.15) is 5.75 Å². The molecule has 4 nitrogen and oxygen atoms in total. The molecule has 1 N–H and O–H groups in total. The van der Waals surface area contributed by atoms with Gasteiger partial charge in [-0.2, -0.15) is 0 Å². The van der Waals surface area contributed by atoms with E-state index in [9.17, 15) is 4.79 Å². The van der Waals surface area contributed by atoms with Gasteiger partial charge in [0.2, 0.25) is 0 Å². The lowest BCUT2D eigenvalue weighted by Gasteiger charge is -2.16. The number of aliphatic carboxylic acids is 1. The number of aromatic nitrogens is 1. The van der Waals surface area contributed by atoms with Crippen LogP contribution in [-0.2, 0) is 4.79 Å². The monoisotopic (exact) mass is 273 g/mol. The molecule has 1 aromatic heterocycles. The second-order valence-electron chi connectivity index (χ2n) is 5.04. The van der Waals surface area contributed by atoms with Gasteiger partial charge in [0.25, 0.3) is 0 Å².